The lowest BCUT2D eigenvalue weighted by Gasteiger charge is -2.31. The van der Waals surface area contributed by atoms with Gasteiger partial charge in [-0.25, -0.2) is 9.18 Å². The number of anilines is 2. The van der Waals surface area contributed by atoms with Crippen molar-refractivity contribution in [3.8, 4) is 28.7 Å². The third-order valence-corrected chi connectivity index (χ3v) is 5.97. The van der Waals surface area contributed by atoms with Crippen LogP contribution < -0.4 is 19.7 Å². The summed E-state index contributed by atoms with van der Waals surface area (Å²) in [4.78, 5) is 19.1. The maximum atomic E-state index is 14.2. The topological polar surface area (TPSA) is 87.5 Å². The Kier molecular flexibility index (Phi) is 5.67. The van der Waals surface area contributed by atoms with E-state index in [1.54, 1.807) is 29.4 Å². The zero-order valence-electron chi connectivity index (χ0n) is 19.1. The number of hydrogen-bond acceptors (Lipinski definition) is 5. The van der Waals surface area contributed by atoms with Crippen LogP contribution in [0.15, 0.2) is 60.9 Å². The molecule has 3 aromatic carbocycles. The minimum Gasteiger partial charge on any atom is -0.494 e. The molecule has 1 aromatic heterocycles. The predicted molar refractivity (Wildman–Crippen MR) is 131 cm³/mol. The zero-order valence-corrected chi connectivity index (χ0v) is 19.1. The van der Waals surface area contributed by atoms with Gasteiger partial charge in [-0.1, -0.05) is 24.3 Å². The molecular formula is C27H21FN4O3. The molecule has 2 heterocycles. The quantitative estimate of drug-likeness (QED) is 0.396. The third kappa shape index (κ3) is 3.87. The van der Waals surface area contributed by atoms with Crippen LogP contribution in [0.4, 0.5) is 20.6 Å². The minimum atomic E-state index is -0.622. The minimum absolute atomic E-state index is 0.0216. The molecule has 0 unspecified atom stereocenters. The van der Waals surface area contributed by atoms with E-state index in [0.29, 0.717) is 34.9 Å². The number of pyridine rings is 1. The Balaban J connectivity index is 1.63. The van der Waals surface area contributed by atoms with E-state index in [2.05, 4.69) is 10.3 Å². The van der Waals surface area contributed by atoms with E-state index in [0.717, 1.165) is 22.4 Å². The lowest BCUT2D eigenvalue weighted by atomic mass is 9.96. The molecule has 0 saturated heterocycles. The number of carbonyl (C=O) groups is 1. The van der Waals surface area contributed by atoms with Crippen LogP contribution in [0.5, 0.6) is 11.5 Å². The second-order valence-electron chi connectivity index (χ2n) is 7.97. The van der Waals surface area contributed by atoms with Gasteiger partial charge in [0.2, 0.25) is 0 Å². The SMILES string of the molecule is CCOc1cc(-c2cc(OC)c(F)cc2C#N)cc2c1CN(c1cncc3ccccc13)C(=O)N2. The molecule has 35 heavy (non-hydrogen) atoms. The summed E-state index contributed by atoms with van der Waals surface area (Å²) in [6.45, 7) is 2.54. The summed E-state index contributed by atoms with van der Waals surface area (Å²) >= 11 is 0. The van der Waals surface area contributed by atoms with E-state index in [1.165, 1.54) is 13.2 Å². The second-order valence-corrected chi connectivity index (χ2v) is 7.97. The molecule has 0 radical (unpaired) electrons. The molecule has 1 aliphatic heterocycles. The summed E-state index contributed by atoms with van der Waals surface area (Å²) in [7, 11) is 1.36. The van der Waals surface area contributed by atoms with Crippen molar-refractivity contribution in [1.82, 2.24) is 4.98 Å². The van der Waals surface area contributed by atoms with E-state index >= 15 is 0 Å². The highest BCUT2D eigenvalue weighted by Gasteiger charge is 2.29. The molecule has 7 nitrogen and oxygen atoms in total. The van der Waals surface area contributed by atoms with Gasteiger partial charge < -0.3 is 14.8 Å². The molecule has 0 saturated carbocycles. The van der Waals surface area contributed by atoms with Crippen LogP contribution in [-0.4, -0.2) is 24.7 Å². The number of amides is 2. The number of carbonyl (C=O) groups excluding carboxylic acids is 1. The second kappa shape index (κ2) is 8.95. The van der Waals surface area contributed by atoms with Crippen LogP contribution in [0.3, 0.4) is 0 Å². The van der Waals surface area contributed by atoms with E-state index in [1.807, 2.05) is 37.3 Å². The number of rotatable bonds is 5. The number of nitrogens with one attached hydrogen (secondary N) is 1. The lowest BCUT2D eigenvalue weighted by Crippen LogP contribution is -2.39. The summed E-state index contributed by atoms with van der Waals surface area (Å²) in [6.07, 6.45) is 3.43. The number of nitriles is 1. The third-order valence-electron chi connectivity index (χ3n) is 5.97. The smallest absolute Gasteiger partial charge is 0.326 e. The van der Waals surface area contributed by atoms with Gasteiger partial charge in [-0.05, 0) is 36.8 Å². The maximum absolute atomic E-state index is 14.2. The van der Waals surface area contributed by atoms with E-state index in [9.17, 15) is 14.4 Å². The van der Waals surface area contributed by atoms with Crippen molar-refractivity contribution in [3.05, 3.63) is 77.9 Å². The summed E-state index contributed by atoms with van der Waals surface area (Å²) in [5.74, 6) is -0.0397. The molecule has 2 amide bonds. The van der Waals surface area contributed by atoms with Gasteiger partial charge in [0.25, 0.3) is 0 Å². The fourth-order valence-corrected chi connectivity index (χ4v) is 4.32. The first-order valence-corrected chi connectivity index (χ1v) is 11.0. The number of fused-ring (bicyclic) bond motifs is 2. The Morgan fingerprint density at radius 2 is 2.00 bits per heavy atom. The number of hydrogen-bond donors (Lipinski definition) is 1. The highest BCUT2D eigenvalue weighted by atomic mass is 19.1. The molecule has 1 aliphatic rings. The van der Waals surface area contributed by atoms with Gasteiger partial charge in [0.05, 0.1) is 49.5 Å². The number of methoxy groups -OCH3 is 1. The summed E-state index contributed by atoms with van der Waals surface area (Å²) < 4.78 is 25.3. The van der Waals surface area contributed by atoms with Gasteiger partial charge in [-0.3, -0.25) is 9.88 Å². The van der Waals surface area contributed by atoms with Gasteiger partial charge >= 0.3 is 6.03 Å². The Labute approximate surface area is 201 Å². The number of urea groups is 1. The van der Waals surface area contributed by atoms with Crippen LogP contribution >= 0.6 is 0 Å². The predicted octanol–water partition coefficient (Wildman–Crippen LogP) is 5.87. The van der Waals surface area contributed by atoms with Crippen molar-refractivity contribution in [3.63, 3.8) is 0 Å². The van der Waals surface area contributed by atoms with Crippen molar-refractivity contribution < 1.29 is 18.7 Å². The van der Waals surface area contributed by atoms with Crippen molar-refractivity contribution >= 4 is 28.2 Å². The van der Waals surface area contributed by atoms with Crippen molar-refractivity contribution in [2.24, 2.45) is 0 Å². The van der Waals surface area contributed by atoms with Gasteiger partial charge in [-0.2, -0.15) is 5.26 Å². The number of halogens is 1. The molecule has 0 aliphatic carbocycles. The Morgan fingerprint density at radius 1 is 1.17 bits per heavy atom. The normalized spacial score (nSPS) is 12.6. The fraction of sp³-hybridized carbons (Fsp3) is 0.148. The van der Waals surface area contributed by atoms with Crippen LogP contribution in [0.25, 0.3) is 21.9 Å². The molecular weight excluding hydrogens is 447 g/mol. The molecule has 8 heteroatoms. The van der Waals surface area contributed by atoms with Crippen LogP contribution in [0.2, 0.25) is 0 Å². The van der Waals surface area contributed by atoms with Crippen LogP contribution in [0, 0.1) is 17.1 Å². The maximum Gasteiger partial charge on any atom is 0.326 e. The van der Waals surface area contributed by atoms with Gasteiger partial charge in [0.1, 0.15) is 5.75 Å². The monoisotopic (exact) mass is 468 g/mol. The number of ether oxygens (including phenoxy) is 2. The molecule has 0 fully saturated rings. The van der Waals surface area contributed by atoms with Crippen molar-refractivity contribution in [2.75, 3.05) is 23.9 Å². The number of aromatic nitrogens is 1. The number of nitrogens with zero attached hydrogens (tertiary/aromatic N) is 3. The highest BCUT2D eigenvalue weighted by Crippen LogP contribution is 2.41. The number of benzene rings is 3. The van der Waals surface area contributed by atoms with Gasteiger partial charge in [0, 0.05) is 28.1 Å². The zero-order chi connectivity index (χ0) is 24.5. The average Bonchev–Trinajstić information content (AvgIpc) is 2.88. The fourth-order valence-electron chi connectivity index (χ4n) is 4.32. The molecule has 0 atom stereocenters. The first-order chi connectivity index (χ1) is 17.0. The molecule has 1 N–H and O–H groups in total. The largest absolute Gasteiger partial charge is 0.494 e. The molecule has 0 spiro atoms. The summed E-state index contributed by atoms with van der Waals surface area (Å²) in [5.41, 5.74) is 3.26. The summed E-state index contributed by atoms with van der Waals surface area (Å²) in [5, 5.41) is 14.4. The summed E-state index contributed by atoms with van der Waals surface area (Å²) in [6, 6.07) is 15.6. The average molecular weight is 468 g/mol. The molecule has 174 valence electrons. The van der Waals surface area contributed by atoms with Crippen LogP contribution in [0.1, 0.15) is 18.1 Å². The standard InChI is InChI=1S/C27H21FN4O3/c1-3-35-25-10-17(20-11-26(34-2)22(28)8-18(20)12-29)9-23-21(25)15-32(27(33)31-23)24-14-30-13-16-6-4-5-7-19(16)24/h4-11,13-14H,3,15H2,1-2H3,(H,31,33). The first-order valence-electron chi connectivity index (χ1n) is 11.0. The molecule has 0 bridgehead atoms. The molecule has 4 aromatic rings. The van der Waals surface area contributed by atoms with Crippen molar-refractivity contribution in [1.29, 1.82) is 5.26 Å². The van der Waals surface area contributed by atoms with E-state index < -0.39 is 5.82 Å². The van der Waals surface area contributed by atoms with Crippen LogP contribution in [-0.2, 0) is 6.54 Å². The van der Waals surface area contributed by atoms with Gasteiger partial charge in [0.15, 0.2) is 11.6 Å². The first kappa shape index (κ1) is 22.2. The Morgan fingerprint density at radius 3 is 2.77 bits per heavy atom. The Bertz CT molecular complexity index is 1510. The van der Waals surface area contributed by atoms with Crippen molar-refractivity contribution in [2.45, 2.75) is 13.5 Å². The van der Waals surface area contributed by atoms with E-state index in [4.69, 9.17) is 9.47 Å². The lowest BCUT2D eigenvalue weighted by molar-refractivity contribution is 0.255. The Hall–Kier alpha value is -4.64. The van der Waals surface area contributed by atoms with Gasteiger partial charge in [-0.15, -0.1) is 0 Å². The van der Waals surface area contributed by atoms with E-state index in [-0.39, 0.29) is 23.9 Å². The highest BCUT2D eigenvalue weighted by molar-refractivity contribution is 6.09. The molecule has 5 rings (SSSR count).